The molecule has 1 aromatic heterocycles. The van der Waals surface area contributed by atoms with Crippen molar-refractivity contribution in [1.82, 2.24) is 9.55 Å². The number of hydrogen-bond acceptors (Lipinski definition) is 6. The van der Waals surface area contributed by atoms with Crippen LogP contribution in [0.15, 0.2) is 46.0 Å². The van der Waals surface area contributed by atoms with Crippen molar-refractivity contribution >= 4 is 0 Å². The monoisotopic (exact) mass is 426 g/mol. The maximum atomic E-state index is 12.8. The van der Waals surface area contributed by atoms with Gasteiger partial charge in [0.15, 0.2) is 11.5 Å². The second-order valence-electron chi connectivity index (χ2n) is 7.19. The highest BCUT2D eigenvalue weighted by Gasteiger charge is 2.33. The lowest BCUT2D eigenvalue weighted by molar-refractivity contribution is -0.690. The zero-order valence-electron chi connectivity index (χ0n) is 17.5. The molecule has 3 aromatic rings. The van der Waals surface area contributed by atoms with Crippen molar-refractivity contribution in [2.75, 3.05) is 27.9 Å². The predicted molar refractivity (Wildman–Crippen MR) is 113 cm³/mol. The van der Waals surface area contributed by atoms with Crippen LogP contribution in [0.3, 0.4) is 0 Å². The molecule has 0 saturated heterocycles. The van der Waals surface area contributed by atoms with E-state index in [9.17, 15) is 14.7 Å². The number of H-pyrrole nitrogens is 1. The molecule has 0 spiro atoms. The molecule has 0 amide bonds. The number of ether oxygens (including phenoxy) is 3. The lowest BCUT2D eigenvalue weighted by Gasteiger charge is -2.26. The molecule has 1 aliphatic rings. The van der Waals surface area contributed by atoms with Crippen LogP contribution >= 0.6 is 0 Å². The number of fused-ring (bicyclic) bond motifs is 1. The smallest absolute Gasteiger partial charge is 0.335 e. The van der Waals surface area contributed by atoms with Gasteiger partial charge in [-0.25, -0.2) is 9.36 Å². The molecule has 1 aliphatic heterocycles. The Labute approximate surface area is 177 Å². The second-order valence-corrected chi connectivity index (χ2v) is 7.19. The van der Waals surface area contributed by atoms with Gasteiger partial charge in [0.05, 0.1) is 33.6 Å². The van der Waals surface area contributed by atoms with Gasteiger partial charge in [-0.15, -0.1) is 0 Å². The molecule has 4 N–H and O–H groups in total. The molecule has 162 valence electrons. The first-order chi connectivity index (χ1) is 15.0. The number of quaternary nitrogens is 1. The van der Waals surface area contributed by atoms with Crippen molar-refractivity contribution in [1.29, 1.82) is 0 Å². The summed E-state index contributed by atoms with van der Waals surface area (Å²) >= 11 is 0. The number of aromatic hydroxyl groups is 1. The van der Waals surface area contributed by atoms with Crippen LogP contribution in [0.25, 0.3) is 5.69 Å². The highest BCUT2D eigenvalue weighted by atomic mass is 16.5. The van der Waals surface area contributed by atoms with E-state index in [4.69, 9.17) is 14.2 Å². The quantitative estimate of drug-likeness (QED) is 0.546. The fourth-order valence-corrected chi connectivity index (χ4v) is 4.06. The minimum Gasteiger partial charge on any atom is -0.497 e. The molecule has 0 unspecified atom stereocenters. The van der Waals surface area contributed by atoms with E-state index in [0.717, 1.165) is 22.1 Å². The molecular weight excluding hydrogens is 402 g/mol. The van der Waals surface area contributed by atoms with Gasteiger partial charge in [-0.2, -0.15) is 0 Å². The first-order valence-electron chi connectivity index (χ1n) is 9.79. The van der Waals surface area contributed by atoms with Gasteiger partial charge in [0.1, 0.15) is 17.4 Å². The van der Waals surface area contributed by atoms with Gasteiger partial charge in [0.25, 0.3) is 5.56 Å². The van der Waals surface area contributed by atoms with Crippen molar-refractivity contribution in [2.45, 2.75) is 12.5 Å². The van der Waals surface area contributed by atoms with Gasteiger partial charge in [0, 0.05) is 18.1 Å². The van der Waals surface area contributed by atoms with E-state index in [1.54, 1.807) is 38.5 Å². The number of methoxy groups -OCH3 is 3. The van der Waals surface area contributed by atoms with E-state index in [-0.39, 0.29) is 5.56 Å². The molecule has 9 heteroatoms. The molecule has 0 bridgehead atoms. The average Bonchev–Trinajstić information content (AvgIpc) is 2.78. The summed E-state index contributed by atoms with van der Waals surface area (Å²) in [6.45, 7) is 0.699. The summed E-state index contributed by atoms with van der Waals surface area (Å²) in [7, 11) is 4.62. The molecule has 0 radical (unpaired) electrons. The molecule has 0 fully saturated rings. The van der Waals surface area contributed by atoms with Crippen molar-refractivity contribution in [3.05, 3.63) is 73.9 Å². The summed E-state index contributed by atoms with van der Waals surface area (Å²) in [5.74, 6) is 1.23. The molecule has 2 heterocycles. The highest BCUT2D eigenvalue weighted by molar-refractivity contribution is 5.52. The summed E-state index contributed by atoms with van der Waals surface area (Å²) in [6.07, 6.45) is 0.764. The Morgan fingerprint density at radius 2 is 1.81 bits per heavy atom. The number of nitrogens with one attached hydrogen (secondary N) is 1. The standard InChI is InChI=1S/C22H23N3O6/c1-29-14-6-4-5-13(10-14)25-21(27)18(20(26)24-22(25)28)19-15-11-17(31-3)16(30-2)9-12(15)7-8-23-19/h4-6,9-11,19,23,27H,7-8H2,1-3H3,(H,24,26,28)/p+1/t19-/m0/s1. The predicted octanol–water partition coefficient (Wildman–Crippen LogP) is 0.466. The molecule has 2 aromatic carbocycles. The average molecular weight is 426 g/mol. The fourth-order valence-electron chi connectivity index (χ4n) is 4.06. The van der Waals surface area contributed by atoms with Gasteiger partial charge < -0.3 is 24.6 Å². The van der Waals surface area contributed by atoms with Crippen LogP contribution in [-0.4, -0.2) is 42.5 Å². The van der Waals surface area contributed by atoms with E-state index >= 15 is 0 Å². The summed E-state index contributed by atoms with van der Waals surface area (Å²) < 4.78 is 17.1. The SMILES string of the molecule is COc1cccc(-n2c(O)c([C@H]3[NH2+]CCc4cc(OC)c(OC)cc43)c(=O)[nH]c2=O)c1. The van der Waals surface area contributed by atoms with Crippen molar-refractivity contribution in [3.8, 4) is 28.8 Å². The third-order valence-electron chi connectivity index (χ3n) is 5.54. The van der Waals surface area contributed by atoms with Gasteiger partial charge in [0.2, 0.25) is 5.88 Å². The van der Waals surface area contributed by atoms with Crippen LogP contribution < -0.4 is 30.8 Å². The van der Waals surface area contributed by atoms with E-state index in [1.165, 1.54) is 7.11 Å². The van der Waals surface area contributed by atoms with Crippen LogP contribution in [0.1, 0.15) is 22.7 Å². The zero-order valence-corrected chi connectivity index (χ0v) is 17.5. The topological polar surface area (TPSA) is 119 Å². The maximum absolute atomic E-state index is 12.8. The maximum Gasteiger partial charge on any atom is 0.335 e. The Morgan fingerprint density at radius 1 is 1.06 bits per heavy atom. The van der Waals surface area contributed by atoms with Crippen LogP contribution in [-0.2, 0) is 6.42 Å². The van der Waals surface area contributed by atoms with E-state index in [1.807, 2.05) is 17.4 Å². The van der Waals surface area contributed by atoms with Gasteiger partial charge >= 0.3 is 5.69 Å². The summed E-state index contributed by atoms with van der Waals surface area (Å²) in [5, 5.41) is 13.1. The van der Waals surface area contributed by atoms with Crippen LogP contribution in [0, 0.1) is 0 Å². The Bertz CT molecular complexity index is 1250. The number of benzene rings is 2. The number of hydrogen-bond donors (Lipinski definition) is 3. The molecule has 1 atom stereocenters. The second kappa shape index (κ2) is 8.19. The van der Waals surface area contributed by atoms with Crippen LogP contribution in [0.2, 0.25) is 0 Å². The largest absolute Gasteiger partial charge is 0.497 e. The number of rotatable bonds is 5. The third kappa shape index (κ3) is 3.53. The van der Waals surface area contributed by atoms with E-state index in [0.29, 0.717) is 29.5 Å². The zero-order chi connectivity index (χ0) is 22.1. The molecule has 0 saturated carbocycles. The Hall–Kier alpha value is -3.72. The summed E-state index contributed by atoms with van der Waals surface area (Å²) in [4.78, 5) is 27.7. The van der Waals surface area contributed by atoms with Crippen molar-refractivity contribution < 1.29 is 24.6 Å². The van der Waals surface area contributed by atoms with Crippen LogP contribution in [0.5, 0.6) is 23.1 Å². The lowest BCUT2D eigenvalue weighted by atomic mass is 9.90. The van der Waals surface area contributed by atoms with Crippen LogP contribution in [0.4, 0.5) is 0 Å². The number of aromatic amines is 1. The third-order valence-corrected chi connectivity index (χ3v) is 5.54. The first kappa shape index (κ1) is 20.5. The number of nitrogens with zero attached hydrogens (tertiary/aromatic N) is 1. The van der Waals surface area contributed by atoms with E-state index in [2.05, 4.69) is 4.98 Å². The van der Waals surface area contributed by atoms with Gasteiger partial charge in [-0.1, -0.05) is 6.07 Å². The summed E-state index contributed by atoms with van der Waals surface area (Å²) in [5.41, 5.74) is 0.912. The Kier molecular flexibility index (Phi) is 5.43. The Morgan fingerprint density at radius 3 is 2.52 bits per heavy atom. The van der Waals surface area contributed by atoms with Crippen molar-refractivity contribution in [3.63, 3.8) is 0 Å². The molecular formula is C22H24N3O6+. The number of aromatic nitrogens is 2. The molecule has 0 aliphatic carbocycles. The minimum atomic E-state index is -0.733. The molecule has 31 heavy (non-hydrogen) atoms. The summed E-state index contributed by atoms with van der Waals surface area (Å²) in [6, 6.07) is 9.86. The first-order valence-corrected chi connectivity index (χ1v) is 9.79. The minimum absolute atomic E-state index is 0.0931. The lowest BCUT2D eigenvalue weighted by Crippen LogP contribution is -2.87. The number of nitrogens with two attached hydrogens (primary N) is 1. The highest BCUT2D eigenvalue weighted by Crippen LogP contribution is 2.36. The molecule has 9 nitrogen and oxygen atoms in total. The molecule has 4 rings (SSSR count). The van der Waals surface area contributed by atoms with E-state index < -0.39 is 23.2 Å². The normalized spacial score (nSPS) is 15.3. The van der Waals surface area contributed by atoms with Crippen molar-refractivity contribution in [2.24, 2.45) is 0 Å². The fraction of sp³-hybridized carbons (Fsp3) is 0.273. The van der Waals surface area contributed by atoms with Gasteiger partial charge in [-0.3, -0.25) is 9.78 Å². The Balaban J connectivity index is 1.93. The van der Waals surface area contributed by atoms with Gasteiger partial charge in [-0.05, 0) is 29.8 Å².